The number of esters is 1. The molecule has 0 saturated carbocycles. The Morgan fingerprint density at radius 1 is 1.28 bits per heavy atom. The minimum atomic E-state index is -1.12. The van der Waals surface area contributed by atoms with Crippen molar-refractivity contribution >= 4 is 11.9 Å². The van der Waals surface area contributed by atoms with Crippen LogP contribution in [0.3, 0.4) is 0 Å². The van der Waals surface area contributed by atoms with Gasteiger partial charge in [-0.25, -0.2) is 4.79 Å². The van der Waals surface area contributed by atoms with Gasteiger partial charge in [0, 0.05) is 12.5 Å². The number of hydrogen-bond acceptors (Lipinski definition) is 5. The first-order valence-electron chi connectivity index (χ1n) is 5.04. The Bertz CT molecular complexity index is 585. The number of carbonyl (C=O) groups is 2. The van der Waals surface area contributed by atoms with Gasteiger partial charge < -0.3 is 14.4 Å². The highest BCUT2D eigenvalue weighted by Gasteiger charge is 2.16. The average Bonchev–Trinajstić information content (AvgIpc) is 2.78. The van der Waals surface area contributed by atoms with E-state index in [1.807, 2.05) is 0 Å². The van der Waals surface area contributed by atoms with Crippen molar-refractivity contribution in [3.63, 3.8) is 0 Å². The van der Waals surface area contributed by atoms with Crippen LogP contribution in [0.15, 0.2) is 35.1 Å². The van der Waals surface area contributed by atoms with E-state index in [4.69, 9.17) is 9.84 Å². The topological polar surface area (TPSA) is 89.6 Å². The van der Waals surface area contributed by atoms with E-state index < -0.39 is 11.9 Å². The number of hydrogen-bond donors (Lipinski definition) is 1. The van der Waals surface area contributed by atoms with Crippen LogP contribution in [0.2, 0.25) is 0 Å². The minimum absolute atomic E-state index is 0.0183. The molecule has 92 valence electrons. The van der Waals surface area contributed by atoms with Crippen molar-refractivity contribution in [3.05, 3.63) is 36.1 Å². The Hall–Kier alpha value is -2.63. The first kappa shape index (κ1) is 11.8. The lowest BCUT2D eigenvalue weighted by molar-refractivity contribution is -0.131. The fraction of sp³-hybridized carbons (Fsp3) is 0.0833. The first-order valence-corrected chi connectivity index (χ1v) is 5.04. The molecule has 18 heavy (non-hydrogen) atoms. The van der Waals surface area contributed by atoms with Crippen molar-refractivity contribution < 1.29 is 24.0 Å². The van der Waals surface area contributed by atoms with E-state index in [0.717, 1.165) is 6.26 Å². The van der Waals surface area contributed by atoms with Crippen LogP contribution >= 0.6 is 0 Å². The summed E-state index contributed by atoms with van der Waals surface area (Å²) in [6.45, 7) is 1.30. The van der Waals surface area contributed by atoms with Crippen LogP contribution in [0.5, 0.6) is 5.75 Å². The lowest BCUT2D eigenvalue weighted by Crippen LogP contribution is -2.01. The number of ether oxygens (including phenoxy) is 1. The van der Waals surface area contributed by atoms with E-state index in [1.54, 1.807) is 24.3 Å². The van der Waals surface area contributed by atoms with Gasteiger partial charge in [-0.3, -0.25) is 4.79 Å². The lowest BCUT2D eigenvalue weighted by Gasteiger charge is -2.02. The zero-order chi connectivity index (χ0) is 13.1. The molecule has 2 aromatic rings. The Morgan fingerprint density at radius 2 is 1.94 bits per heavy atom. The molecule has 0 atom stereocenters. The van der Waals surface area contributed by atoms with Gasteiger partial charge in [-0.05, 0) is 24.3 Å². The van der Waals surface area contributed by atoms with Crippen LogP contribution in [-0.4, -0.2) is 22.2 Å². The summed E-state index contributed by atoms with van der Waals surface area (Å²) in [7, 11) is 0. The summed E-state index contributed by atoms with van der Waals surface area (Å²) in [6.07, 6.45) is 1.07. The zero-order valence-electron chi connectivity index (χ0n) is 9.41. The monoisotopic (exact) mass is 247 g/mol. The standard InChI is InChI=1S/C12H9NO5/c1-7(14)18-9-4-2-8(3-5-9)11-10(12(15)16)6-17-13-11/h2-6H,1H3,(H,15,16). The normalized spacial score (nSPS) is 10.1. The van der Waals surface area contributed by atoms with Crippen LogP contribution in [0.4, 0.5) is 0 Å². The third-order valence-electron chi connectivity index (χ3n) is 2.19. The van der Waals surface area contributed by atoms with Crippen molar-refractivity contribution in [2.24, 2.45) is 0 Å². The van der Waals surface area contributed by atoms with E-state index in [-0.39, 0.29) is 11.3 Å². The third kappa shape index (κ3) is 2.37. The number of carbonyl (C=O) groups excluding carboxylic acids is 1. The molecule has 1 aromatic heterocycles. The van der Waals surface area contributed by atoms with Crippen LogP contribution < -0.4 is 4.74 Å². The highest BCUT2D eigenvalue weighted by molar-refractivity contribution is 5.94. The lowest BCUT2D eigenvalue weighted by atomic mass is 10.1. The van der Waals surface area contributed by atoms with Crippen LogP contribution in [-0.2, 0) is 4.79 Å². The molecular formula is C12H9NO5. The predicted octanol–water partition coefficient (Wildman–Crippen LogP) is 1.97. The molecule has 0 spiro atoms. The summed E-state index contributed by atoms with van der Waals surface area (Å²) in [5.41, 5.74) is 0.782. The van der Waals surface area contributed by atoms with E-state index in [0.29, 0.717) is 11.3 Å². The third-order valence-corrected chi connectivity index (χ3v) is 2.19. The second-order valence-electron chi connectivity index (χ2n) is 3.50. The SMILES string of the molecule is CC(=O)Oc1ccc(-c2nocc2C(=O)O)cc1. The fourth-order valence-corrected chi connectivity index (χ4v) is 1.44. The molecule has 0 aliphatic heterocycles. The number of aromatic nitrogens is 1. The smallest absolute Gasteiger partial charge is 0.341 e. The van der Waals surface area contributed by atoms with Crippen molar-refractivity contribution in [2.75, 3.05) is 0 Å². The second-order valence-corrected chi connectivity index (χ2v) is 3.50. The van der Waals surface area contributed by atoms with Gasteiger partial charge in [0.1, 0.15) is 23.3 Å². The molecule has 2 rings (SSSR count). The van der Waals surface area contributed by atoms with Crippen molar-refractivity contribution in [1.29, 1.82) is 0 Å². The molecule has 0 bridgehead atoms. The number of benzene rings is 1. The Labute approximate surface area is 102 Å². The molecule has 0 radical (unpaired) electrons. The average molecular weight is 247 g/mol. The van der Waals surface area contributed by atoms with Crippen molar-refractivity contribution in [1.82, 2.24) is 5.16 Å². The highest BCUT2D eigenvalue weighted by Crippen LogP contribution is 2.24. The van der Waals surface area contributed by atoms with Crippen molar-refractivity contribution in [2.45, 2.75) is 6.92 Å². The number of nitrogens with zero attached hydrogens (tertiary/aromatic N) is 1. The molecule has 6 nitrogen and oxygen atoms in total. The van der Waals surface area contributed by atoms with Gasteiger partial charge in [-0.15, -0.1) is 0 Å². The maximum absolute atomic E-state index is 10.9. The largest absolute Gasteiger partial charge is 0.477 e. The van der Waals surface area contributed by atoms with Gasteiger partial charge in [0.2, 0.25) is 0 Å². The summed E-state index contributed by atoms with van der Waals surface area (Å²) >= 11 is 0. The summed E-state index contributed by atoms with van der Waals surface area (Å²) in [5.74, 6) is -1.16. The molecule has 1 heterocycles. The second kappa shape index (κ2) is 4.70. The molecular weight excluding hydrogens is 238 g/mol. The molecule has 6 heteroatoms. The summed E-state index contributed by atoms with van der Waals surface area (Å²) in [4.78, 5) is 21.6. The van der Waals surface area contributed by atoms with Gasteiger partial charge in [-0.2, -0.15) is 0 Å². The summed E-state index contributed by atoms with van der Waals surface area (Å²) < 4.78 is 9.51. The maximum atomic E-state index is 10.9. The molecule has 1 N–H and O–H groups in total. The molecule has 1 aromatic carbocycles. The molecule has 0 saturated heterocycles. The summed E-state index contributed by atoms with van der Waals surface area (Å²) in [5, 5.41) is 12.6. The van der Waals surface area contributed by atoms with Crippen molar-refractivity contribution in [3.8, 4) is 17.0 Å². The fourth-order valence-electron chi connectivity index (χ4n) is 1.44. The maximum Gasteiger partial charge on any atom is 0.341 e. The Kier molecular flexibility index (Phi) is 3.09. The number of carboxylic acid groups (broad SMARTS) is 1. The zero-order valence-corrected chi connectivity index (χ0v) is 9.41. The van der Waals surface area contributed by atoms with Gasteiger partial charge in [0.25, 0.3) is 0 Å². The molecule has 0 unspecified atom stereocenters. The van der Waals surface area contributed by atoms with Crippen LogP contribution in [0, 0.1) is 0 Å². The number of rotatable bonds is 3. The Morgan fingerprint density at radius 3 is 2.50 bits per heavy atom. The van der Waals surface area contributed by atoms with Gasteiger partial charge in [0.05, 0.1) is 0 Å². The number of carboxylic acids is 1. The predicted molar refractivity (Wildman–Crippen MR) is 60.2 cm³/mol. The number of aromatic carboxylic acids is 1. The molecule has 0 aliphatic rings. The molecule has 0 amide bonds. The highest BCUT2D eigenvalue weighted by atomic mass is 16.5. The quantitative estimate of drug-likeness (QED) is 0.658. The van der Waals surface area contributed by atoms with E-state index in [1.165, 1.54) is 6.92 Å². The van der Waals surface area contributed by atoms with Gasteiger partial charge in [-0.1, -0.05) is 5.16 Å². The van der Waals surface area contributed by atoms with Gasteiger partial charge >= 0.3 is 11.9 Å². The first-order chi connectivity index (χ1) is 8.58. The van der Waals surface area contributed by atoms with Crippen LogP contribution in [0.25, 0.3) is 11.3 Å². The van der Waals surface area contributed by atoms with E-state index in [2.05, 4.69) is 9.68 Å². The minimum Gasteiger partial charge on any atom is -0.477 e. The Balaban J connectivity index is 2.31. The summed E-state index contributed by atoms with van der Waals surface area (Å²) in [6, 6.07) is 6.30. The van der Waals surface area contributed by atoms with Crippen LogP contribution in [0.1, 0.15) is 17.3 Å². The van der Waals surface area contributed by atoms with Gasteiger partial charge in [0.15, 0.2) is 0 Å². The van der Waals surface area contributed by atoms with E-state index >= 15 is 0 Å². The van der Waals surface area contributed by atoms with E-state index in [9.17, 15) is 9.59 Å². The molecule has 0 fully saturated rings. The molecule has 0 aliphatic carbocycles.